The lowest BCUT2D eigenvalue weighted by Crippen LogP contribution is -2.23. The Balaban J connectivity index is 1.85. The molecule has 0 aliphatic heterocycles. The lowest BCUT2D eigenvalue weighted by Gasteiger charge is -2.08. The molecule has 0 atom stereocenters. The van der Waals surface area contributed by atoms with Gasteiger partial charge in [0.05, 0.1) is 27.9 Å². The first kappa shape index (κ1) is 19.0. The maximum atomic E-state index is 12.2. The van der Waals surface area contributed by atoms with E-state index in [2.05, 4.69) is 17.2 Å². The Labute approximate surface area is 153 Å². The van der Waals surface area contributed by atoms with Gasteiger partial charge in [0.2, 0.25) is 0 Å². The van der Waals surface area contributed by atoms with Gasteiger partial charge in [-0.15, -0.1) is 0 Å². The molecule has 0 unspecified atom stereocenters. The van der Waals surface area contributed by atoms with Crippen LogP contribution in [0.3, 0.4) is 0 Å². The molecule has 0 aliphatic rings. The topological polar surface area (TPSA) is 66.0 Å². The Hall–Kier alpha value is -3.33. The second kappa shape index (κ2) is 9.84. The molecule has 0 bridgehead atoms. The summed E-state index contributed by atoms with van der Waals surface area (Å²) in [6.45, 7) is 0.400. The van der Waals surface area contributed by atoms with Crippen LogP contribution in [0.15, 0.2) is 42.5 Å². The third-order valence-electron chi connectivity index (χ3n) is 3.44. The molecule has 0 saturated heterocycles. The van der Waals surface area contributed by atoms with Gasteiger partial charge in [0, 0.05) is 11.6 Å². The number of ether oxygens (including phenoxy) is 4. The third-order valence-corrected chi connectivity index (χ3v) is 3.44. The third kappa shape index (κ3) is 5.35. The molecule has 1 amide bonds. The zero-order valence-corrected chi connectivity index (χ0v) is 15.0. The Morgan fingerprint density at radius 1 is 0.923 bits per heavy atom. The summed E-state index contributed by atoms with van der Waals surface area (Å²) >= 11 is 0. The highest BCUT2D eigenvalue weighted by Crippen LogP contribution is 2.25. The van der Waals surface area contributed by atoms with E-state index in [1.807, 2.05) is 18.2 Å². The van der Waals surface area contributed by atoms with Crippen molar-refractivity contribution in [3.63, 3.8) is 0 Å². The first-order valence-electron chi connectivity index (χ1n) is 7.90. The molecule has 2 aromatic rings. The summed E-state index contributed by atoms with van der Waals surface area (Å²) in [5, 5.41) is 2.72. The van der Waals surface area contributed by atoms with Gasteiger partial charge in [-0.25, -0.2) is 0 Å². The summed E-state index contributed by atoms with van der Waals surface area (Å²) in [5.41, 5.74) is 0.438. The predicted molar refractivity (Wildman–Crippen MR) is 98.1 cm³/mol. The van der Waals surface area contributed by atoms with Gasteiger partial charge in [0.25, 0.3) is 5.91 Å². The van der Waals surface area contributed by atoms with Crippen LogP contribution >= 0.6 is 0 Å². The number of carbonyl (C=O) groups is 1. The normalized spacial score (nSPS) is 9.50. The van der Waals surface area contributed by atoms with E-state index in [1.165, 1.54) is 14.2 Å². The summed E-state index contributed by atoms with van der Waals surface area (Å²) in [4.78, 5) is 12.2. The van der Waals surface area contributed by atoms with Gasteiger partial charge < -0.3 is 24.3 Å². The number of benzene rings is 2. The van der Waals surface area contributed by atoms with Gasteiger partial charge in [-0.1, -0.05) is 24.0 Å². The first-order chi connectivity index (χ1) is 12.7. The zero-order chi connectivity index (χ0) is 18.8. The van der Waals surface area contributed by atoms with E-state index in [0.29, 0.717) is 28.6 Å². The second-order valence-corrected chi connectivity index (χ2v) is 5.08. The molecule has 1 N–H and O–H groups in total. The van der Waals surface area contributed by atoms with Crippen LogP contribution in [-0.4, -0.2) is 40.4 Å². The van der Waals surface area contributed by atoms with Crippen LogP contribution in [0.2, 0.25) is 0 Å². The molecule has 0 aliphatic carbocycles. The summed E-state index contributed by atoms with van der Waals surface area (Å²) in [6.07, 6.45) is 0. The lowest BCUT2D eigenvalue weighted by molar-refractivity contribution is 0.0958. The number of nitrogens with one attached hydrogen (secondary N) is 1. The van der Waals surface area contributed by atoms with Gasteiger partial charge in [0.1, 0.15) is 18.1 Å². The highest BCUT2D eigenvalue weighted by molar-refractivity contribution is 5.95. The molecule has 0 fully saturated rings. The molecule has 0 aromatic heterocycles. The van der Waals surface area contributed by atoms with E-state index in [4.69, 9.17) is 18.9 Å². The number of carbonyl (C=O) groups excluding carboxylic acids is 1. The SMILES string of the molecule is COc1cc(OC)cc(C(=O)NCC#CCOc2ccccc2OC)c1. The van der Waals surface area contributed by atoms with E-state index in [0.717, 1.165) is 0 Å². The van der Waals surface area contributed by atoms with Crippen LogP contribution < -0.4 is 24.3 Å². The zero-order valence-electron chi connectivity index (χ0n) is 15.0. The van der Waals surface area contributed by atoms with E-state index in [9.17, 15) is 4.79 Å². The Morgan fingerprint density at radius 3 is 2.19 bits per heavy atom. The Bertz CT molecular complexity index is 785. The summed E-state index contributed by atoms with van der Waals surface area (Å²) in [5.74, 6) is 7.79. The highest BCUT2D eigenvalue weighted by Gasteiger charge is 2.08. The molecule has 26 heavy (non-hydrogen) atoms. The summed E-state index contributed by atoms with van der Waals surface area (Å²) < 4.78 is 21.0. The molecule has 0 saturated carbocycles. The number of rotatable bonds is 7. The molecular weight excluding hydrogens is 334 g/mol. The number of methoxy groups -OCH3 is 3. The second-order valence-electron chi connectivity index (χ2n) is 5.08. The average Bonchev–Trinajstić information content (AvgIpc) is 2.70. The van der Waals surface area contributed by atoms with Crippen LogP contribution in [0, 0.1) is 11.8 Å². The molecule has 0 spiro atoms. The van der Waals surface area contributed by atoms with E-state index < -0.39 is 0 Å². The van der Waals surface area contributed by atoms with Crippen LogP contribution in [0.4, 0.5) is 0 Å². The van der Waals surface area contributed by atoms with Gasteiger partial charge in [-0.2, -0.15) is 0 Å². The van der Waals surface area contributed by atoms with Gasteiger partial charge in [0.15, 0.2) is 11.5 Å². The number of amides is 1. The molecule has 6 heteroatoms. The molecule has 6 nitrogen and oxygen atoms in total. The van der Waals surface area contributed by atoms with Gasteiger partial charge >= 0.3 is 0 Å². The standard InChI is InChI=1S/C20H21NO5/c1-23-16-12-15(13-17(14-16)24-2)20(22)21-10-6-7-11-26-19-9-5-4-8-18(19)25-3/h4-5,8-9,12-14H,10-11H2,1-3H3,(H,21,22). The fourth-order valence-electron chi connectivity index (χ4n) is 2.13. The average molecular weight is 355 g/mol. The van der Waals surface area contributed by atoms with E-state index in [-0.39, 0.29) is 19.1 Å². The van der Waals surface area contributed by atoms with Crippen molar-refractivity contribution in [1.29, 1.82) is 0 Å². The van der Waals surface area contributed by atoms with Crippen LogP contribution in [0.5, 0.6) is 23.0 Å². The molecular formula is C20H21NO5. The highest BCUT2D eigenvalue weighted by atomic mass is 16.5. The van der Waals surface area contributed by atoms with Crippen LogP contribution in [0.25, 0.3) is 0 Å². The maximum Gasteiger partial charge on any atom is 0.252 e. The van der Waals surface area contributed by atoms with Crippen molar-refractivity contribution >= 4 is 5.91 Å². The fourth-order valence-corrected chi connectivity index (χ4v) is 2.13. The van der Waals surface area contributed by atoms with Crippen molar-refractivity contribution in [2.24, 2.45) is 0 Å². The number of hydrogen-bond acceptors (Lipinski definition) is 5. The van der Waals surface area contributed by atoms with Crippen molar-refractivity contribution < 1.29 is 23.7 Å². The summed E-state index contributed by atoms with van der Waals surface area (Å²) in [6, 6.07) is 12.3. The minimum absolute atomic E-state index is 0.198. The Morgan fingerprint density at radius 2 is 1.58 bits per heavy atom. The van der Waals surface area contributed by atoms with Crippen molar-refractivity contribution in [2.75, 3.05) is 34.5 Å². The number of para-hydroxylation sites is 2. The minimum atomic E-state index is -0.262. The molecule has 2 aromatic carbocycles. The number of hydrogen-bond donors (Lipinski definition) is 1. The van der Waals surface area contributed by atoms with E-state index in [1.54, 1.807) is 31.4 Å². The van der Waals surface area contributed by atoms with Crippen molar-refractivity contribution in [3.8, 4) is 34.8 Å². The molecule has 2 rings (SSSR count). The minimum Gasteiger partial charge on any atom is -0.497 e. The lowest BCUT2D eigenvalue weighted by atomic mass is 10.2. The molecule has 0 radical (unpaired) electrons. The fraction of sp³-hybridized carbons (Fsp3) is 0.250. The van der Waals surface area contributed by atoms with Crippen LogP contribution in [0.1, 0.15) is 10.4 Å². The predicted octanol–water partition coefficient (Wildman–Crippen LogP) is 2.52. The van der Waals surface area contributed by atoms with Crippen molar-refractivity contribution in [3.05, 3.63) is 48.0 Å². The molecule has 0 heterocycles. The van der Waals surface area contributed by atoms with Gasteiger partial charge in [-0.05, 0) is 24.3 Å². The van der Waals surface area contributed by atoms with Gasteiger partial charge in [-0.3, -0.25) is 4.79 Å². The Kier molecular flexibility index (Phi) is 7.19. The summed E-state index contributed by atoms with van der Waals surface area (Å²) in [7, 11) is 4.64. The van der Waals surface area contributed by atoms with Crippen LogP contribution in [-0.2, 0) is 0 Å². The largest absolute Gasteiger partial charge is 0.497 e. The quantitative estimate of drug-likeness (QED) is 0.773. The van der Waals surface area contributed by atoms with Crippen molar-refractivity contribution in [1.82, 2.24) is 5.32 Å². The monoisotopic (exact) mass is 355 g/mol. The van der Waals surface area contributed by atoms with E-state index >= 15 is 0 Å². The molecule has 136 valence electrons. The maximum absolute atomic E-state index is 12.2. The smallest absolute Gasteiger partial charge is 0.252 e. The first-order valence-corrected chi connectivity index (χ1v) is 7.90. The van der Waals surface area contributed by atoms with Crippen molar-refractivity contribution in [2.45, 2.75) is 0 Å².